The minimum absolute atomic E-state index is 0.262. The Bertz CT molecular complexity index is 1180. The van der Waals surface area contributed by atoms with Gasteiger partial charge in [-0.1, -0.05) is 24.8 Å². The quantitative estimate of drug-likeness (QED) is 0.361. The third-order valence-electron chi connectivity index (χ3n) is 5.07. The lowest BCUT2D eigenvalue weighted by Crippen LogP contribution is -2.26. The van der Waals surface area contributed by atoms with Gasteiger partial charge in [-0.05, 0) is 49.2 Å². The van der Waals surface area contributed by atoms with Crippen LogP contribution in [-0.2, 0) is 7.05 Å². The van der Waals surface area contributed by atoms with Gasteiger partial charge in [-0.2, -0.15) is 5.10 Å². The average molecular weight is 418 g/mol. The van der Waals surface area contributed by atoms with Gasteiger partial charge < -0.3 is 16.8 Å². The highest BCUT2D eigenvalue weighted by molar-refractivity contribution is 6.05. The zero-order chi connectivity index (χ0) is 22.7. The molecule has 1 heterocycles. The molecule has 160 valence electrons. The van der Waals surface area contributed by atoms with Gasteiger partial charge in [0.1, 0.15) is 0 Å². The molecule has 0 saturated carbocycles. The van der Waals surface area contributed by atoms with Crippen molar-refractivity contribution in [1.29, 1.82) is 0 Å². The first-order chi connectivity index (χ1) is 14.7. The number of hydrazine groups is 1. The van der Waals surface area contributed by atoms with Gasteiger partial charge in [0.25, 0.3) is 5.91 Å². The number of nitrogens with one attached hydrogen (secondary N) is 1. The van der Waals surface area contributed by atoms with Crippen molar-refractivity contribution in [3.63, 3.8) is 0 Å². The molecule has 3 aromatic rings. The van der Waals surface area contributed by atoms with Crippen molar-refractivity contribution >= 4 is 28.7 Å². The van der Waals surface area contributed by atoms with Crippen LogP contribution in [0, 0.1) is 13.8 Å². The Morgan fingerprint density at radius 2 is 1.87 bits per heavy atom. The number of hydrogen-bond acceptors (Lipinski definition) is 6. The van der Waals surface area contributed by atoms with E-state index in [0.29, 0.717) is 33.9 Å². The number of aromatic nitrogens is 2. The van der Waals surface area contributed by atoms with Crippen LogP contribution in [0.5, 0.6) is 0 Å². The van der Waals surface area contributed by atoms with Crippen LogP contribution in [0.4, 0.5) is 11.4 Å². The number of amides is 1. The second-order valence-corrected chi connectivity index (χ2v) is 7.32. The molecule has 1 aromatic heterocycles. The summed E-state index contributed by atoms with van der Waals surface area (Å²) in [6, 6.07) is 12.5. The lowest BCUT2D eigenvalue weighted by molar-refractivity contribution is 0.102. The van der Waals surface area contributed by atoms with E-state index in [2.05, 4.69) is 17.0 Å². The summed E-state index contributed by atoms with van der Waals surface area (Å²) in [5.74, 6) is 6.01. The van der Waals surface area contributed by atoms with Crippen molar-refractivity contribution in [2.24, 2.45) is 24.4 Å². The number of rotatable bonds is 6. The third-order valence-corrected chi connectivity index (χ3v) is 5.07. The fraction of sp³-hybridized carbons (Fsp3) is 0.130. The largest absolute Gasteiger partial charge is 0.399 e. The molecule has 0 bridgehead atoms. The number of nitrogens with two attached hydrogens (primary N) is 3. The van der Waals surface area contributed by atoms with Crippen LogP contribution in [-0.4, -0.2) is 15.7 Å². The Labute approximate surface area is 181 Å². The molecule has 0 aliphatic rings. The van der Waals surface area contributed by atoms with E-state index < -0.39 is 0 Å². The normalized spacial score (nSPS) is 11.3. The van der Waals surface area contributed by atoms with Gasteiger partial charge in [-0.3, -0.25) is 14.5 Å². The van der Waals surface area contributed by atoms with Crippen LogP contribution in [0.3, 0.4) is 0 Å². The molecule has 0 fully saturated rings. The number of nitrogens with zero attached hydrogens (tertiary/aromatic N) is 3. The summed E-state index contributed by atoms with van der Waals surface area (Å²) in [6.45, 7) is 7.57. The molecular weight excluding hydrogens is 390 g/mol. The van der Waals surface area contributed by atoms with E-state index in [0.717, 1.165) is 16.8 Å². The number of benzene rings is 2. The maximum Gasteiger partial charge on any atom is 0.255 e. The Kier molecular flexibility index (Phi) is 6.12. The molecular formula is C23H27N7O. The smallest absolute Gasteiger partial charge is 0.255 e. The maximum atomic E-state index is 12.7. The molecule has 0 aliphatic carbocycles. The molecule has 0 saturated heterocycles. The monoisotopic (exact) mass is 417 g/mol. The molecule has 1 amide bonds. The molecule has 0 atom stereocenters. The van der Waals surface area contributed by atoms with Gasteiger partial charge in [-0.25, -0.2) is 5.84 Å². The highest BCUT2D eigenvalue weighted by Crippen LogP contribution is 2.25. The molecule has 8 nitrogen and oxygen atoms in total. The van der Waals surface area contributed by atoms with E-state index in [1.165, 1.54) is 5.01 Å². The molecule has 8 heteroatoms. The first-order valence-corrected chi connectivity index (χ1v) is 9.64. The fourth-order valence-electron chi connectivity index (χ4n) is 3.10. The van der Waals surface area contributed by atoms with E-state index in [-0.39, 0.29) is 5.91 Å². The SMILES string of the molecule is C=C(N)c1cccc(C(=O)Nc2ccc(C)c(N(N)/C=C(\N)c3cnn(C)c3C)c2)c1. The van der Waals surface area contributed by atoms with Crippen LogP contribution in [0.1, 0.15) is 32.7 Å². The summed E-state index contributed by atoms with van der Waals surface area (Å²) in [7, 11) is 1.85. The van der Waals surface area contributed by atoms with Crippen molar-refractivity contribution in [3.8, 4) is 0 Å². The number of aryl methyl sites for hydroxylation is 2. The highest BCUT2D eigenvalue weighted by Gasteiger charge is 2.12. The van der Waals surface area contributed by atoms with Gasteiger partial charge >= 0.3 is 0 Å². The van der Waals surface area contributed by atoms with Gasteiger partial charge in [-0.15, -0.1) is 0 Å². The van der Waals surface area contributed by atoms with Crippen molar-refractivity contribution in [2.75, 3.05) is 10.3 Å². The van der Waals surface area contributed by atoms with E-state index in [1.807, 2.05) is 33.0 Å². The molecule has 2 aromatic carbocycles. The van der Waals surface area contributed by atoms with Gasteiger partial charge in [0.15, 0.2) is 0 Å². The standard InChI is InChI=1S/C23H27N7O/c1-14-8-9-19(28-23(31)18-7-5-6-17(10-18)15(2)24)11-22(14)30(26)13-21(25)20-12-27-29(4)16(20)3/h5-13H,2,24-26H2,1,3-4H3,(H,28,31)/b21-13-. The van der Waals surface area contributed by atoms with Crippen LogP contribution < -0.4 is 27.6 Å². The van der Waals surface area contributed by atoms with E-state index in [4.69, 9.17) is 17.3 Å². The van der Waals surface area contributed by atoms with E-state index in [1.54, 1.807) is 47.4 Å². The Balaban J connectivity index is 1.83. The minimum Gasteiger partial charge on any atom is -0.399 e. The summed E-state index contributed by atoms with van der Waals surface area (Å²) in [6.07, 6.45) is 3.33. The van der Waals surface area contributed by atoms with Gasteiger partial charge in [0.2, 0.25) is 0 Å². The lowest BCUT2D eigenvalue weighted by Gasteiger charge is -2.19. The summed E-state index contributed by atoms with van der Waals surface area (Å²) in [5.41, 5.74) is 18.0. The number of hydrogen-bond donors (Lipinski definition) is 4. The number of carbonyl (C=O) groups is 1. The van der Waals surface area contributed by atoms with Crippen molar-refractivity contribution < 1.29 is 4.79 Å². The Morgan fingerprint density at radius 1 is 1.16 bits per heavy atom. The van der Waals surface area contributed by atoms with Gasteiger partial charge in [0, 0.05) is 41.5 Å². The van der Waals surface area contributed by atoms with Crippen LogP contribution in [0.25, 0.3) is 11.4 Å². The minimum atomic E-state index is -0.262. The van der Waals surface area contributed by atoms with Crippen molar-refractivity contribution in [2.45, 2.75) is 13.8 Å². The Hall–Kier alpha value is -4.04. The van der Waals surface area contributed by atoms with E-state index in [9.17, 15) is 4.79 Å². The van der Waals surface area contributed by atoms with Crippen molar-refractivity contribution in [3.05, 3.63) is 89.4 Å². The molecule has 3 rings (SSSR count). The molecule has 0 aliphatic heterocycles. The summed E-state index contributed by atoms with van der Waals surface area (Å²) >= 11 is 0. The number of anilines is 2. The lowest BCUT2D eigenvalue weighted by atomic mass is 10.1. The van der Waals surface area contributed by atoms with Crippen LogP contribution >= 0.6 is 0 Å². The molecule has 31 heavy (non-hydrogen) atoms. The zero-order valence-electron chi connectivity index (χ0n) is 17.9. The number of carbonyl (C=O) groups excluding carboxylic acids is 1. The zero-order valence-corrected chi connectivity index (χ0v) is 17.9. The summed E-state index contributed by atoms with van der Waals surface area (Å²) in [5, 5.41) is 8.53. The first-order valence-electron chi connectivity index (χ1n) is 9.64. The van der Waals surface area contributed by atoms with E-state index >= 15 is 0 Å². The maximum absolute atomic E-state index is 12.7. The van der Waals surface area contributed by atoms with Crippen molar-refractivity contribution in [1.82, 2.24) is 9.78 Å². The van der Waals surface area contributed by atoms with Crippen LogP contribution in [0.15, 0.2) is 61.4 Å². The second kappa shape index (κ2) is 8.76. The molecule has 0 radical (unpaired) electrons. The second-order valence-electron chi connectivity index (χ2n) is 7.32. The molecule has 7 N–H and O–H groups in total. The summed E-state index contributed by atoms with van der Waals surface area (Å²) < 4.78 is 1.74. The molecule has 0 spiro atoms. The topological polar surface area (TPSA) is 128 Å². The fourth-order valence-corrected chi connectivity index (χ4v) is 3.10. The van der Waals surface area contributed by atoms with Gasteiger partial charge in [0.05, 0.1) is 17.6 Å². The Morgan fingerprint density at radius 3 is 2.52 bits per heavy atom. The molecule has 0 unspecified atom stereocenters. The predicted molar refractivity (Wildman–Crippen MR) is 126 cm³/mol. The average Bonchev–Trinajstić information content (AvgIpc) is 3.07. The van der Waals surface area contributed by atoms with Crippen LogP contribution in [0.2, 0.25) is 0 Å². The predicted octanol–water partition coefficient (Wildman–Crippen LogP) is 2.86. The summed E-state index contributed by atoms with van der Waals surface area (Å²) in [4.78, 5) is 12.7. The highest BCUT2D eigenvalue weighted by atomic mass is 16.1. The third kappa shape index (κ3) is 4.76. The first kappa shape index (κ1) is 21.7.